The summed E-state index contributed by atoms with van der Waals surface area (Å²) in [6.45, 7) is 0.884. The number of carboxylic acids is 1. The van der Waals surface area contributed by atoms with Crippen LogP contribution in [0.15, 0.2) is 24.3 Å². The number of hydrogen-bond donors (Lipinski definition) is 1. The minimum absolute atomic E-state index is 0.0946. The highest BCUT2D eigenvalue weighted by molar-refractivity contribution is 5.81. The molecule has 1 N–H and O–H groups in total. The first-order valence-corrected chi connectivity index (χ1v) is 7.31. The second kappa shape index (κ2) is 7.35. The average Bonchev–Trinajstić information content (AvgIpc) is 2.48. The van der Waals surface area contributed by atoms with Gasteiger partial charge in [0.1, 0.15) is 5.82 Å². The molecule has 0 bridgehead atoms. The molecule has 0 saturated carbocycles. The van der Waals surface area contributed by atoms with Crippen LogP contribution in [-0.4, -0.2) is 42.1 Å². The van der Waals surface area contributed by atoms with Gasteiger partial charge in [-0.1, -0.05) is 12.1 Å². The van der Waals surface area contributed by atoms with E-state index in [2.05, 4.69) is 0 Å². The molecule has 0 spiro atoms. The first-order valence-electron chi connectivity index (χ1n) is 7.31. The highest BCUT2D eigenvalue weighted by Crippen LogP contribution is 2.37. The SMILES string of the molecule is COCCCN1C(=O)CC[C@@H](C(=O)O)[C@@H]1c1cccc(F)c1. The summed E-state index contributed by atoms with van der Waals surface area (Å²) < 4.78 is 18.5. The highest BCUT2D eigenvalue weighted by Gasteiger charge is 2.40. The van der Waals surface area contributed by atoms with Crippen molar-refractivity contribution in [3.63, 3.8) is 0 Å². The molecule has 2 atom stereocenters. The van der Waals surface area contributed by atoms with Crippen molar-refractivity contribution in [1.29, 1.82) is 0 Å². The number of amides is 1. The Balaban J connectivity index is 2.32. The van der Waals surface area contributed by atoms with E-state index in [1.165, 1.54) is 18.2 Å². The van der Waals surface area contributed by atoms with Gasteiger partial charge in [0.15, 0.2) is 0 Å². The second-order valence-electron chi connectivity index (χ2n) is 5.42. The van der Waals surface area contributed by atoms with E-state index in [9.17, 15) is 19.1 Å². The van der Waals surface area contributed by atoms with Crippen LogP contribution in [0.25, 0.3) is 0 Å². The molecular formula is C16H20FNO4. The van der Waals surface area contributed by atoms with Crippen molar-refractivity contribution >= 4 is 11.9 Å². The molecule has 1 aromatic rings. The van der Waals surface area contributed by atoms with Crippen LogP contribution in [-0.2, 0) is 14.3 Å². The molecule has 120 valence electrons. The molecule has 0 unspecified atom stereocenters. The molecule has 22 heavy (non-hydrogen) atoms. The van der Waals surface area contributed by atoms with E-state index >= 15 is 0 Å². The molecule has 1 aromatic carbocycles. The second-order valence-corrected chi connectivity index (χ2v) is 5.42. The van der Waals surface area contributed by atoms with Gasteiger partial charge < -0.3 is 14.7 Å². The molecule has 1 amide bonds. The zero-order chi connectivity index (χ0) is 16.1. The van der Waals surface area contributed by atoms with Crippen molar-refractivity contribution in [3.05, 3.63) is 35.6 Å². The number of benzene rings is 1. The summed E-state index contributed by atoms with van der Waals surface area (Å²) in [7, 11) is 1.57. The third-order valence-corrected chi connectivity index (χ3v) is 3.96. The third kappa shape index (κ3) is 3.62. The van der Waals surface area contributed by atoms with E-state index in [1.54, 1.807) is 18.1 Å². The predicted octanol–water partition coefficient (Wildman–Crippen LogP) is 2.23. The van der Waals surface area contributed by atoms with Gasteiger partial charge in [0, 0.05) is 26.7 Å². The molecule has 1 heterocycles. The molecule has 2 rings (SSSR count). The minimum atomic E-state index is -0.960. The Labute approximate surface area is 128 Å². The van der Waals surface area contributed by atoms with Crippen molar-refractivity contribution in [2.75, 3.05) is 20.3 Å². The molecular weight excluding hydrogens is 289 g/mol. The van der Waals surface area contributed by atoms with Gasteiger partial charge in [-0.05, 0) is 30.5 Å². The monoisotopic (exact) mass is 309 g/mol. The number of piperidine rings is 1. The Bertz CT molecular complexity index is 549. The van der Waals surface area contributed by atoms with Crippen LogP contribution < -0.4 is 0 Å². The van der Waals surface area contributed by atoms with E-state index in [-0.39, 0.29) is 18.7 Å². The van der Waals surface area contributed by atoms with E-state index in [4.69, 9.17) is 4.74 Å². The van der Waals surface area contributed by atoms with Gasteiger partial charge in [0.25, 0.3) is 0 Å². The molecule has 1 saturated heterocycles. The third-order valence-electron chi connectivity index (χ3n) is 3.96. The molecule has 0 radical (unpaired) electrons. The summed E-state index contributed by atoms with van der Waals surface area (Å²) in [6.07, 6.45) is 1.09. The normalized spacial score (nSPS) is 21.9. The molecule has 0 aliphatic carbocycles. The number of carbonyl (C=O) groups is 2. The van der Waals surface area contributed by atoms with Gasteiger partial charge in [-0.2, -0.15) is 0 Å². The molecule has 0 aromatic heterocycles. The van der Waals surface area contributed by atoms with Crippen LogP contribution in [0.4, 0.5) is 4.39 Å². The number of ether oxygens (including phenoxy) is 1. The Kier molecular flexibility index (Phi) is 5.49. The fourth-order valence-corrected chi connectivity index (χ4v) is 2.96. The van der Waals surface area contributed by atoms with E-state index in [0.29, 0.717) is 25.1 Å². The predicted molar refractivity (Wildman–Crippen MR) is 77.7 cm³/mol. The molecule has 1 fully saturated rings. The topological polar surface area (TPSA) is 66.8 Å². The Morgan fingerprint density at radius 3 is 2.91 bits per heavy atom. The first kappa shape index (κ1) is 16.4. The summed E-state index contributed by atoms with van der Waals surface area (Å²) in [5.41, 5.74) is 0.526. The summed E-state index contributed by atoms with van der Waals surface area (Å²) in [5.74, 6) is -2.21. The van der Waals surface area contributed by atoms with Crippen molar-refractivity contribution in [1.82, 2.24) is 4.90 Å². The average molecular weight is 309 g/mol. The number of aliphatic carboxylic acids is 1. The lowest BCUT2D eigenvalue weighted by molar-refractivity contribution is -0.152. The van der Waals surface area contributed by atoms with Gasteiger partial charge >= 0.3 is 5.97 Å². The van der Waals surface area contributed by atoms with E-state index in [0.717, 1.165) is 0 Å². The zero-order valence-electron chi connectivity index (χ0n) is 12.5. The van der Waals surface area contributed by atoms with Crippen molar-refractivity contribution in [2.45, 2.75) is 25.3 Å². The number of halogens is 1. The van der Waals surface area contributed by atoms with Gasteiger partial charge in [-0.15, -0.1) is 0 Å². The minimum Gasteiger partial charge on any atom is -0.481 e. The van der Waals surface area contributed by atoms with Gasteiger partial charge in [0.2, 0.25) is 5.91 Å². The van der Waals surface area contributed by atoms with E-state index in [1.807, 2.05) is 0 Å². The van der Waals surface area contributed by atoms with Crippen LogP contribution in [0.3, 0.4) is 0 Å². The molecule has 5 nitrogen and oxygen atoms in total. The highest BCUT2D eigenvalue weighted by atomic mass is 19.1. The Morgan fingerprint density at radius 1 is 1.50 bits per heavy atom. The molecule has 1 aliphatic heterocycles. The molecule has 1 aliphatic rings. The van der Waals surface area contributed by atoms with Crippen molar-refractivity contribution in [3.8, 4) is 0 Å². The van der Waals surface area contributed by atoms with Gasteiger partial charge in [-0.3, -0.25) is 9.59 Å². The smallest absolute Gasteiger partial charge is 0.308 e. The quantitative estimate of drug-likeness (QED) is 0.818. The molecule has 6 heteroatoms. The number of carboxylic acid groups (broad SMARTS) is 1. The Morgan fingerprint density at radius 2 is 2.27 bits per heavy atom. The van der Waals surface area contributed by atoms with Crippen LogP contribution in [0, 0.1) is 11.7 Å². The fraction of sp³-hybridized carbons (Fsp3) is 0.500. The number of likely N-dealkylation sites (tertiary alicyclic amines) is 1. The van der Waals surface area contributed by atoms with Gasteiger partial charge in [0.05, 0.1) is 12.0 Å². The lowest BCUT2D eigenvalue weighted by Gasteiger charge is -2.40. The summed E-state index contributed by atoms with van der Waals surface area (Å²) in [6, 6.07) is 5.19. The largest absolute Gasteiger partial charge is 0.481 e. The van der Waals surface area contributed by atoms with Crippen LogP contribution in [0.5, 0.6) is 0 Å². The van der Waals surface area contributed by atoms with Crippen LogP contribution in [0.1, 0.15) is 30.9 Å². The zero-order valence-corrected chi connectivity index (χ0v) is 12.5. The maximum Gasteiger partial charge on any atom is 0.308 e. The summed E-state index contributed by atoms with van der Waals surface area (Å²) >= 11 is 0. The number of nitrogens with zero attached hydrogens (tertiary/aromatic N) is 1. The van der Waals surface area contributed by atoms with Crippen molar-refractivity contribution < 1.29 is 23.8 Å². The van der Waals surface area contributed by atoms with Gasteiger partial charge in [-0.25, -0.2) is 4.39 Å². The van der Waals surface area contributed by atoms with Crippen LogP contribution in [0.2, 0.25) is 0 Å². The van der Waals surface area contributed by atoms with E-state index < -0.39 is 23.7 Å². The number of carbonyl (C=O) groups excluding carboxylic acids is 1. The standard InChI is InChI=1S/C16H20FNO4/c1-22-9-3-8-18-14(19)7-6-13(16(20)21)15(18)11-4-2-5-12(17)10-11/h2,4-5,10,13,15H,3,6-9H2,1H3,(H,20,21)/t13-,15+/m1/s1. The first-order chi connectivity index (χ1) is 10.5. The lowest BCUT2D eigenvalue weighted by atomic mass is 9.84. The summed E-state index contributed by atoms with van der Waals surface area (Å²) in [5, 5.41) is 9.46. The Hall–Kier alpha value is -1.95. The maximum absolute atomic E-state index is 13.5. The van der Waals surface area contributed by atoms with Crippen molar-refractivity contribution in [2.24, 2.45) is 5.92 Å². The maximum atomic E-state index is 13.5. The van der Waals surface area contributed by atoms with Crippen LogP contribution >= 0.6 is 0 Å². The summed E-state index contributed by atoms with van der Waals surface area (Å²) in [4.78, 5) is 25.3. The number of methoxy groups -OCH3 is 1. The lowest BCUT2D eigenvalue weighted by Crippen LogP contribution is -2.46. The number of rotatable bonds is 6. The number of hydrogen-bond acceptors (Lipinski definition) is 3. The fourth-order valence-electron chi connectivity index (χ4n) is 2.96.